The van der Waals surface area contributed by atoms with Crippen LogP contribution in [0.5, 0.6) is 11.5 Å². The van der Waals surface area contributed by atoms with E-state index in [1.807, 2.05) is 49.4 Å². The molecule has 0 fully saturated rings. The van der Waals surface area contributed by atoms with Crippen molar-refractivity contribution in [3.8, 4) is 11.5 Å². The first-order valence-corrected chi connectivity index (χ1v) is 13.3. The summed E-state index contributed by atoms with van der Waals surface area (Å²) in [6.45, 7) is 2.81. The summed E-state index contributed by atoms with van der Waals surface area (Å²) in [5, 5.41) is 10.2. The molecule has 0 atom stereocenters. The third-order valence-electron chi connectivity index (χ3n) is 5.13. The molecule has 0 aliphatic carbocycles. The van der Waals surface area contributed by atoms with Crippen LogP contribution in [0.15, 0.2) is 72.8 Å². The Morgan fingerprint density at radius 2 is 1.55 bits per heavy atom. The van der Waals surface area contributed by atoms with Gasteiger partial charge in [0.25, 0.3) is 0 Å². The first-order valence-electron chi connectivity index (χ1n) is 11.0. The molecule has 1 N–H and O–H groups in total. The van der Waals surface area contributed by atoms with Crippen molar-refractivity contribution in [1.82, 2.24) is 0 Å². The van der Waals surface area contributed by atoms with Gasteiger partial charge in [-0.1, -0.05) is 6.07 Å². The molecule has 0 spiro atoms. The molecular formula is C27H28AsO5. The van der Waals surface area contributed by atoms with Gasteiger partial charge in [-0.3, -0.25) is 0 Å². The maximum atomic E-state index is 12.4. The summed E-state index contributed by atoms with van der Waals surface area (Å²) in [5.41, 5.74) is 3.14. The molecule has 0 bridgehead atoms. The molecule has 0 amide bonds. The number of aryl methyl sites for hydroxylation is 2. The van der Waals surface area contributed by atoms with Crippen LogP contribution < -0.4 is 9.47 Å². The van der Waals surface area contributed by atoms with Crippen LogP contribution in [0, 0.1) is 0 Å². The van der Waals surface area contributed by atoms with Crippen molar-refractivity contribution in [2.45, 2.75) is 38.0 Å². The van der Waals surface area contributed by atoms with E-state index >= 15 is 0 Å². The Morgan fingerprint density at radius 3 is 2.27 bits per heavy atom. The Bertz CT molecular complexity index is 1060. The number of rotatable bonds is 13. The van der Waals surface area contributed by atoms with Crippen molar-refractivity contribution in [3.63, 3.8) is 0 Å². The zero-order chi connectivity index (χ0) is 23.5. The number of carbonyl (C=O) groups is 2. The Balaban J connectivity index is 1.41. The topological polar surface area (TPSA) is 72.8 Å². The van der Waals surface area contributed by atoms with E-state index in [9.17, 15) is 14.7 Å². The number of benzene rings is 3. The number of hydrogen-bond donors (Lipinski definition) is 1. The van der Waals surface area contributed by atoms with Crippen molar-refractivity contribution in [2.24, 2.45) is 0 Å². The van der Waals surface area contributed by atoms with E-state index < -0.39 is 5.97 Å². The van der Waals surface area contributed by atoms with Gasteiger partial charge in [0.15, 0.2) is 0 Å². The van der Waals surface area contributed by atoms with E-state index in [-0.39, 0.29) is 27.9 Å². The molecular weight excluding hydrogens is 479 g/mol. The molecule has 3 rings (SSSR count). The monoisotopic (exact) mass is 507 g/mol. The van der Waals surface area contributed by atoms with E-state index in [0.717, 1.165) is 22.9 Å². The zero-order valence-electron chi connectivity index (χ0n) is 18.7. The number of para-hydroxylation sites is 1. The third-order valence-corrected chi connectivity index (χ3v) is 7.28. The Kier molecular flexibility index (Phi) is 9.58. The molecule has 0 saturated carbocycles. The van der Waals surface area contributed by atoms with Crippen LogP contribution in [-0.2, 0) is 24.2 Å². The molecule has 0 aromatic heterocycles. The van der Waals surface area contributed by atoms with Crippen molar-refractivity contribution in [3.05, 3.63) is 95.1 Å². The van der Waals surface area contributed by atoms with E-state index in [4.69, 9.17) is 9.47 Å². The van der Waals surface area contributed by atoms with Gasteiger partial charge < -0.3 is 5.11 Å². The second-order valence-corrected chi connectivity index (χ2v) is 10.1. The minimum absolute atomic E-state index is 0.191. The van der Waals surface area contributed by atoms with Gasteiger partial charge in [-0.2, -0.15) is 0 Å². The quantitative estimate of drug-likeness (QED) is 0.323. The molecule has 6 heteroatoms. The molecule has 1 radical (unpaired) electrons. The second-order valence-electron chi connectivity index (χ2n) is 7.46. The van der Waals surface area contributed by atoms with Crippen molar-refractivity contribution in [1.29, 1.82) is 0 Å². The van der Waals surface area contributed by atoms with Crippen LogP contribution >= 0.6 is 0 Å². The average Bonchev–Trinajstić information content (AvgIpc) is 2.83. The van der Waals surface area contributed by atoms with Crippen LogP contribution in [0.1, 0.15) is 40.4 Å². The summed E-state index contributed by atoms with van der Waals surface area (Å²) in [6, 6.07) is 22.5. The van der Waals surface area contributed by atoms with Gasteiger partial charge in [0, 0.05) is 0 Å². The van der Waals surface area contributed by atoms with Gasteiger partial charge in [-0.05, 0) is 0 Å². The van der Waals surface area contributed by atoms with Crippen LogP contribution in [-0.4, -0.2) is 38.0 Å². The Labute approximate surface area is 201 Å². The third kappa shape index (κ3) is 7.80. The van der Waals surface area contributed by atoms with Crippen LogP contribution in [0.4, 0.5) is 0 Å². The van der Waals surface area contributed by atoms with Crippen LogP contribution in [0.25, 0.3) is 0 Å². The summed E-state index contributed by atoms with van der Waals surface area (Å²) in [5.74, 6) is 0.627. The molecule has 171 valence electrons. The first kappa shape index (κ1) is 24.6. The fourth-order valence-electron chi connectivity index (χ4n) is 3.41. The fourth-order valence-corrected chi connectivity index (χ4v) is 5.24. The van der Waals surface area contributed by atoms with E-state index in [1.54, 1.807) is 24.3 Å². The Morgan fingerprint density at radius 1 is 0.848 bits per heavy atom. The molecule has 0 aliphatic rings. The average molecular weight is 507 g/mol. The number of carbonyl (C=O) groups excluding carboxylic acids is 1. The van der Waals surface area contributed by atoms with E-state index in [0.29, 0.717) is 35.3 Å². The number of carboxylic acids is 1. The number of carboxylic acid groups (broad SMARTS) is 1. The minimum atomic E-state index is -0.963. The van der Waals surface area contributed by atoms with Crippen molar-refractivity contribution >= 4 is 26.3 Å². The standard InChI is InChI=1S/C27H28AsO5/c1-2-32-25-10-6-4-7-21(25)17-18-28-26(29)16-13-20-11-14-23(15-12-20)33-19-22-8-3-5-9-24(22)27(30)31/h3-12,14-15H,2,13,16-19H2,1H3,(H,30,31). The van der Waals surface area contributed by atoms with Crippen LogP contribution in [0.3, 0.4) is 0 Å². The van der Waals surface area contributed by atoms with Crippen molar-refractivity contribution in [2.75, 3.05) is 6.61 Å². The van der Waals surface area contributed by atoms with Crippen LogP contribution in [0.2, 0.25) is 5.21 Å². The summed E-state index contributed by atoms with van der Waals surface area (Å²) >= 11 is -0.343. The summed E-state index contributed by atoms with van der Waals surface area (Å²) in [4.78, 5) is 23.7. The first-order chi connectivity index (χ1) is 16.1. The molecule has 33 heavy (non-hydrogen) atoms. The van der Waals surface area contributed by atoms with Gasteiger partial charge in [0.05, 0.1) is 0 Å². The molecule has 5 nitrogen and oxygen atoms in total. The van der Waals surface area contributed by atoms with Gasteiger partial charge in [0.1, 0.15) is 0 Å². The van der Waals surface area contributed by atoms with Gasteiger partial charge in [0.2, 0.25) is 0 Å². The normalized spacial score (nSPS) is 10.9. The maximum absolute atomic E-state index is 12.4. The number of ether oxygens (including phenoxy) is 2. The summed E-state index contributed by atoms with van der Waals surface area (Å²) in [7, 11) is 0. The number of hydrogen-bond acceptors (Lipinski definition) is 4. The molecule has 0 aliphatic heterocycles. The molecule has 3 aromatic rings. The van der Waals surface area contributed by atoms with Gasteiger partial charge in [-0.25, -0.2) is 4.79 Å². The number of aromatic carboxylic acids is 1. The SMILES string of the molecule is CCOc1ccccc1CC[As]C(=O)CCc1ccc(OCc2ccccc2C(=O)O)cc1. The van der Waals surface area contributed by atoms with E-state index in [2.05, 4.69) is 6.07 Å². The predicted molar refractivity (Wildman–Crippen MR) is 129 cm³/mol. The molecule has 0 heterocycles. The molecule has 0 unspecified atom stereocenters. The molecule has 3 aromatic carbocycles. The predicted octanol–water partition coefficient (Wildman–Crippen LogP) is 5.19. The Hall–Kier alpha value is -3.04. The zero-order valence-corrected chi connectivity index (χ0v) is 20.6. The molecule has 0 saturated heterocycles. The van der Waals surface area contributed by atoms with Crippen molar-refractivity contribution < 1.29 is 24.2 Å². The summed E-state index contributed by atoms with van der Waals surface area (Å²) in [6.07, 6.45) is 2.14. The van der Waals surface area contributed by atoms with E-state index in [1.165, 1.54) is 5.56 Å². The van der Waals surface area contributed by atoms with Gasteiger partial charge in [-0.15, -0.1) is 0 Å². The van der Waals surface area contributed by atoms with Gasteiger partial charge >= 0.3 is 186 Å². The second kappa shape index (κ2) is 12.9. The fraction of sp³-hybridized carbons (Fsp3) is 0.259. The summed E-state index contributed by atoms with van der Waals surface area (Å²) < 4.78 is 11.8.